The van der Waals surface area contributed by atoms with Gasteiger partial charge in [0.15, 0.2) is 23.2 Å². The minimum atomic E-state index is -4.49. The van der Waals surface area contributed by atoms with E-state index in [4.69, 9.17) is 9.47 Å². The van der Waals surface area contributed by atoms with E-state index in [0.29, 0.717) is 30.2 Å². The van der Waals surface area contributed by atoms with Gasteiger partial charge in [-0.2, -0.15) is 18.3 Å². The number of fused-ring (bicyclic) bond motifs is 2. The van der Waals surface area contributed by atoms with E-state index in [2.05, 4.69) is 10.4 Å². The summed E-state index contributed by atoms with van der Waals surface area (Å²) in [5, 5.41) is 7.13. The number of carbonyl (C=O) groups excluding carboxylic acids is 1. The second-order valence-electron chi connectivity index (χ2n) is 7.46. The molecule has 2 aromatic rings. The maximum atomic E-state index is 13.8. The van der Waals surface area contributed by atoms with Crippen LogP contribution < -0.4 is 14.8 Å². The number of likely N-dealkylation sites (tertiary alicyclic amines) is 1. The van der Waals surface area contributed by atoms with Crippen LogP contribution in [0.1, 0.15) is 47.4 Å². The number of aromatic nitrogens is 2. The molecule has 0 radical (unpaired) electrons. The van der Waals surface area contributed by atoms with E-state index in [1.807, 2.05) is 0 Å². The number of amides is 1. The lowest BCUT2D eigenvalue weighted by atomic mass is 9.96. The van der Waals surface area contributed by atoms with Crippen LogP contribution in [-0.4, -0.2) is 46.6 Å². The van der Waals surface area contributed by atoms with E-state index in [1.54, 1.807) is 23.1 Å². The summed E-state index contributed by atoms with van der Waals surface area (Å²) in [5.41, 5.74) is 0.693. The molecule has 1 saturated heterocycles. The molecule has 0 spiro atoms. The number of halogens is 3. The molecule has 0 bridgehead atoms. The van der Waals surface area contributed by atoms with Crippen molar-refractivity contribution in [2.45, 2.75) is 37.5 Å². The Bertz CT molecular complexity index is 953. The van der Waals surface area contributed by atoms with Crippen molar-refractivity contribution in [1.29, 1.82) is 0 Å². The average molecular weight is 408 g/mol. The molecular weight excluding hydrogens is 389 g/mol. The SMILES string of the molecule is O=C(c1cc2n(n1)[C@@H](C(F)(F)F)C[C@@H](c1ccc3c(c1)OCO3)N2)N1CCCC1. The summed E-state index contributed by atoms with van der Waals surface area (Å²) in [6.45, 7) is 1.31. The summed E-state index contributed by atoms with van der Waals surface area (Å²) in [5.74, 6) is 0.938. The van der Waals surface area contributed by atoms with Crippen LogP contribution in [0.4, 0.5) is 19.0 Å². The van der Waals surface area contributed by atoms with Gasteiger partial charge in [0.1, 0.15) is 5.82 Å². The van der Waals surface area contributed by atoms with E-state index in [-0.39, 0.29) is 30.6 Å². The predicted molar refractivity (Wildman–Crippen MR) is 96.0 cm³/mol. The van der Waals surface area contributed by atoms with Gasteiger partial charge >= 0.3 is 6.18 Å². The molecule has 1 amide bonds. The lowest BCUT2D eigenvalue weighted by Crippen LogP contribution is -2.36. The van der Waals surface area contributed by atoms with Gasteiger partial charge < -0.3 is 19.7 Å². The third kappa shape index (κ3) is 3.16. The molecule has 29 heavy (non-hydrogen) atoms. The molecule has 5 rings (SSSR count). The topological polar surface area (TPSA) is 68.6 Å². The van der Waals surface area contributed by atoms with E-state index >= 15 is 0 Å². The molecule has 1 N–H and O–H groups in total. The molecule has 3 aliphatic heterocycles. The second-order valence-corrected chi connectivity index (χ2v) is 7.46. The van der Waals surface area contributed by atoms with Crippen LogP contribution in [0.2, 0.25) is 0 Å². The number of hydrogen-bond donors (Lipinski definition) is 1. The van der Waals surface area contributed by atoms with Gasteiger partial charge in [-0.05, 0) is 30.5 Å². The number of hydrogen-bond acceptors (Lipinski definition) is 5. The van der Waals surface area contributed by atoms with Crippen molar-refractivity contribution in [3.63, 3.8) is 0 Å². The van der Waals surface area contributed by atoms with Crippen molar-refractivity contribution in [3.05, 3.63) is 35.5 Å². The molecular formula is C19H19F3N4O3. The average Bonchev–Trinajstić information content (AvgIpc) is 3.45. The van der Waals surface area contributed by atoms with Crippen molar-refractivity contribution >= 4 is 11.7 Å². The lowest BCUT2D eigenvalue weighted by Gasteiger charge is -2.33. The largest absolute Gasteiger partial charge is 0.454 e. The molecule has 154 valence electrons. The molecule has 1 aromatic heterocycles. The van der Waals surface area contributed by atoms with Crippen molar-refractivity contribution in [2.24, 2.45) is 0 Å². The molecule has 4 heterocycles. The van der Waals surface area contributed by atoms with E-state index < -0.39 is 18.3 Å². The molecule has 10 heteroatoms. The van der Waals surface area contributed by atoms with Crippen LogP contribution in [0.3, 0.4) is 0 Å². The van der Waals surface area contributed by atoms with E-state index in [1.165, 1.54) is 6.07 Å². The van der Waals surface area contributed by atoms with Gasteiger partial charge in [0.25, 0.3) is 5.91 Å². The molecule has 0 unspecified atom stereocenters. The minimum Gasteiger partial charge on any atom is -0.454 e. The van der Waals surface area contributed by atoms with Crippen LogP contribution >= 0.6 is 0 Å². The lowest BCUT2D eigenvalue weighted by molar-refractivity contribution is -0.173. The summed E-state index contributed by atoms with van der Waals surface area (Å²) in [4.78, 5) is 14.2. The standard InChI is InChI=1S/C19H19F3N4O3/c20-19(21,22)16-8-12(11-3-4-14-15(7-11)29-10-28-14)23-17-9-13(24-26(16)17)18(27)25-5-1-2-6-25/h3-4,7,9,12,16,23H,1-2,5-6,8,10H2/t12-,16+/m0/s1. The number of rotatable bonds is 2. The van der Waals surface area contributed by atoms with Crippen LogP contribution in [0.5, 0.6) is 11.5 Å². The maximum absolute atomic E-state index is 13.8. The third-order valence-electron chi connectivity index (χ3n) is 5.60. The van der Waals surface area contributed by atoms with Crippen LogP contribution in [0.25, 0.3) is 0 Å². The van der Waals surface area contributed by atoms with Gasteiger partial charge in [0.05, 0.1) is 6.04 Å². The smallest absolute Gasteiger partial charge is 0.410 e. The summed E-state index contributed by atoms with van der Waals surface area (Å²) >= 11 is 0. The highest BCUT2D eigenvalue weighted by atomic mass is 19.4. The first kappa shape index (κ1) is 18.1. The monoisotopic (exact) mass is 408 g/mol. The van der Waals surface area contributed by atoms with E-state index in [9.17, 15) is 18.0 Å². The number of nitrogens with one attached hydrogen (secondary N) is 1. The summed E-state index contributed by atoms with van der Waals surface area (Å²) in [6.07, 6.45) is -2.94. The normalized spacial score (nSPS) is 23.1. The van der Waals surface area contributed by atoms with Crippen molar-refractivity contribution < 1.29 is 27.4 Å². The predicted octanol–water partition coefficient (Wildman–Crippen LogP) is 3.51. The second kappa shape index (κ2) is 6.57. The van der Waals surface area contributed by atoms with Gasteiger partial charge in [-0.25, -0.2) is 4.68 Å². The summed E-state index contributed by atoms with van der Waals surface area (Å²) in [6, 6.07) is 4.09. The summed E-state index contributed by atoms with van der Waals surface area (Å²) < 4.78 is 52.9. The minimum absolute atomic E-state index is 0.0370. The van der Waals surface area contributed by atoms with Gasteiger partial charge in [-0.15, -0.1) is 0 Å². The highest BCUT2D eigenvalue weighted by molar-refractivity contribution is 5.93. The Balaban J connectivity index is 1.48. The first-order valence-corrected chi connectivity index (χ1v) is 9.52. The molecule has 3 aliphatic rings. The number of benzene rings is 1. The zero-order chi connectivity index (χ0) is 20.2. The third-order valence-corrected chi connectivity index (χ3v) is 5.60. The first-order chi connectivity index (χ1) is 13.9. The highest BCUT2D eigenvalue weighted by Gasteiger charge is 2.47. The van der Waals surface area contributed by atoms with Gasteiger partial charge in [0.2, 0.25) is 6.79 Å². The molecule has 0 saturated carbocycles. The Hall–Kier alpha value is -2.91. The van der Waals surface area contributed by atoms with Crippen molar-refractivity contribution in [3.8, 4) is 11.5 Å². The van der Waals surface area contributed by atoms with Gasteiger partial charge in [-0.3, -0.25) is 4.79 Å². The van der Waals surface area contributed by atoms with Gasteiger partial charge in [0, 0.05) is 25.6 Å². The molecule has 2 atom stereocenters. The Morgan fingerprint density at radius 2 is 1.90 bits per heavy atom. The van der Waals surface area contributed by atoms with Crippen LogP contribution in [0, 0.1) is 0 Å². The Labute approximate surface area is 164 Å². The van der Waals surface area contributed by atoms with Gasteiger partial charge in [-0.1, -0.05) is 6.07 Å². The number of anilines is 1. The molecule has 1 aromatic carbocycles. The molecule has 7 nitrogen and oxygen atoms in total. The Morgan fingerprint density at radius 3 is 2.66 bits per heavy atom. The fourth-order valence-corrected chi connectivity index (χ4v) is 4.11. The first-order valence-electron chi connectivity index (χ1n) is 9.52. The van der Waals surface area contributed by atoms with Crippen molar-refractivity contribution in [2.75, 3.05) is 25.2 Å². The number of carbonyl (C=O) groups is 1. The maximum Gasteiger partial charge on any atom is 0.410 e. The number of ether oxygens (including phenoxy) is 2. The van der Waals surface area contributed by atoms with Crippen molar-refractivity contribution in [1.82, 2.24) is 14.7 Å². The van der Waals surface area contributed by atoms with Crippen LogP contribution in [0.15, 0.2) is 24.3 Å². The molecule has 0 aliphatic carbocycles. The highest BCUT2D eigenvalue weighted by Crippen LogP contribution is 2.45. The Kier molecular flexibility index (Phi) is 4.11. The molecule has 1 fully saturated rings. The quantitative estimate of drug-likeness (QED) is 0.824. The number of alkyl halides is 3. The zero-order valence-electron chi connectivity index (χ0n) is 15.4. The number of nitrogens with zero attached hydrogens (tertiary/aromatic N) is 3. The summed E-state index contributed by atoms with van der Waals surface area (Å²) in [7, 11) is 0. The zero-order valence-corrected chi connectivity index (χ0v) is 15.4. The van der Waals surface area contributed by atoms with Crippen LogP contribution in [-0.2, 0) is 0 Å². The Morgan fingerprint density at radius 1 is 1.14 bits per heavy atom. The van der Waals surface area contributed by atoms with E-state index in [0.717, 1.165) is 17.5 Å². The fourth-order valence-electron chi connectivity index (χ4n) is 4.11. The fraction of sp³-hybridized carbons (Fsp3) is 0.474.